The first-order valence-corrected chi connectivity index (χ1v) is 18.3. The number of anilines is 2. The molecule has 0 unspecified atom stereocenters. The van der Waals surface area contributed by atoms with Crippen LogP contribution in [0, 0.1) is 11.8 Å². The lowest BCUT2D eigenvalue weighted by molar-refractivity contribution is -0.140. The Morgan fingerprint density at radius 2 is 1.25 bits per heavy atom. The van der Waals surface area contributed by atoms with Gasteiger partial charge in [-0.25, -0.2) is 9.59 Å². The number of amides is 6. The van der Waals surface area contributed by atoms with E-state index in [9.17, 15) is 28.8 Å². The summed E-state index contributed by atoms with van der Waals surface area (Å²) in [5.41, 5.74) is 3.36. The van der Waals surface area contributed by atoms with Crippen LogP contribution in [0.3, 0.4) is 0 Å². The van der Waals surface area contributed by atoms with Crippen molar-refractivity contribution >= 4 is 47.2 Å². The molecule has 290 valence electrons. The Balaban J connectivity index is 1.54. The number of nitrogens with zero attached hydrogens (tertiary/aromatic N) is 2. The number of carbonyl (C=O) groups is 6. The summed E-state index contributed by atoms with van der Waals surface area (Å²) in [6.07, 6.45) is 1.95. The van der Waals surface area contributed by atoms with Crippen LogP contribution in [0.1, 0.15) is 71.9 Å². The number of alkyl carbamates (subject to hydrolysis) is 2. The Kier molecular flexibility index (Phi) is 16.1. The normalized spacial score (nSPS) is 15.6. The van der Waals surface area contributed by atoms with Crippen LogP contribution in [-0.2, 0) is 41.5 Å². The third-order valence-corrected chi connectivity index (χ3v) is 9.36. The second kappa shape index (κ2) is 20.2. The van der Waals surface area contributed by atoms with Gasteiger partial charge in [0.25, 0.3) is 0 Å². The maximum atomic E-state index is 13.4. The number of rotatable bonds is 16. The Morgan fingerprint density at radius 1 is 0.755 bits per heavy atom. The summed E-state index contributed by atoms with van der Waals surface area (Å²) in [5, 5.41) is 11.0. The van der Waals surface area contributed by atoms with Crippen LogP contribution in [0.2, 0.25) is 0 Å². The summed E-state index contributed by atoms with van der Waals surface area (Å²) in [6, 6.07) is 12.1. The van der Waals surface area contributed by atoms with Crippen molar-refractivity contribution in [1.29, 1.82) is 0 Å². The highest BCUT2D eigenvalue weighted by atomic mass is 16.5. The summed E-state index contributed by atoms with van der Waals surface area (Å²) in [4.78, 5) is 79.9. The average Bonchev–Trinajstić information content (AvgIpc) is 3.64. The highest BCUT2D eigenvalue weighted by molar-refractivity contribution is 5.99. The molecule has 3 rings (SSSR count). The molecule has 0 aromatic heterocycles. The van der Waals surface area contributed by atoms with E-state index in [1.807, 2.05) is 83.1 Å². The Labute approximate surface area is 312 Å². The zero-order chi connectivity index (χ0) is 39.2. The van der Waals surface area contributed by atoms with E-state index in [0.717, 1.165) is 24.0 Å². The smallest absolute Gasteiger partial charge is 0.407 e. The molecule has 0 bridgehead atoms. The van der Waals surface area contributed by atoms with Crippen molar-refractivity contribution < 1.29 is 38.2 Å². The number of benzene rings is 2. The molecule has 0 spiro atoms. The van der Waals surface area contributed by atoms with E-state index >= 15 is 0 Å². The molecule has 0 saturated carbocycles. The summed E-state index contributed by atoms with van der Waals surface area (Å²) < 4.78 is 9.37. The first-order valence-electron chi connectivity index (χ1n) is 18.3. The molecule has 0 radical (unpaired) electrons. The second-order valence-corrected chi connectivity index (χ2v) is 14.0. The molecule has 1 aliphatic heterocycles. The summed E-state index contributed by atoms with van der Waals surface area (Å²) in [7, 11) is 2.48. The van der Waals surface area contributed by atoms with E-state index < -0.39 is 36.4 Å². The first-order chi connectivity index (χ1) is 25.2. The van der Waals surface area contributed by atoms with E-state index in [0.29, 0.717) is 43.7 Å². The Hall–Kier alpha value is -5.14. The molecular formula is C39H56N6O8. The monoisotopic (exact) mass is 736 g/mol. The van der Waals surface area contributed by atoms with Crippen molar-refractivity contribution in [3.05, 3.63) is 59.7 Å². The minimum Gasteiger partial charge on any atom is -0.453 e. The van der Waals surface area contributed by atoms with E-state index in [2.05, 4.69) is 30.7 Å². The zero-order valence-electron chi connectivity index (χ0n) is 32.2. The number of hydrogen-bond donors (Lipinski definition) is 4. The molecule has 1 heterocycles. The molecule has 1 aliphatic rings. The lowest BCUT2D eigenvalue weighted by Crippen LogP contribution is -2.55. The highest BCUT2D eigenvalue weighted by Crippen LogP contribution is 2.23. The molecule has 4 atom stereocenters. The molecule has 0 aliphatic carbocycles. The lowest BCUT2D eigenvalue weighted by atomic mass is 10.0. The number of nitrogens with one attached hydrogen (secondary N) is 4. The standard InChI is InChI=1S/C39H56N6O8/c1-9-22-44(36(48)32(24(2)3)42-38(50)52-7)26(6)34(46)40-29-18-14-27(15-19-29)12-13-28-16-20-30(21-17-28)41-35(47)31-11-10-23-45(31)37(49)33(25(4)5)43-39(51)53-8/h14-21,24-26,31-33H,9-13,22-23H2,1-8H3,(H,40,46)(H,41,47)(H,42,50)(H,43,51)/t26-,31-,32-,33-/m0/s1. The SMILES string of the molecule is CCCN(C(=O)[C@@H](NC(=O)OC)C(C)C)[C@@H](C)C(=O)Nc1ccc(CCc2ccc(NC(=O)[C@@H]3CCCN3C(=O)[C@@H](NC(=O)OC)C(C)C)cc2)cc1. The minimum atomic E-state index is -0.833. The van der Waals surface area contributed by atoms with Crippen molar-refractivity contribution in [2.75, 3.05) is 37.9 Å². The van der Waals surface area contributed by atoms with Gasteiger partial charge in [0.15, 0.2) is 0 Å². The van der Waals surface area contributed by atoms with Crippen LogP contribution >= 0.6 is 0 Å². The maximum Gasteiger partial charge on any atom is 0.407 e. The van der Waals surface area contributed by atoms with Gasteiger partial charge in [-0.15, -0.1) is 0 Å². The van der Waals surface area contributed by atoms with Crippen LogP contribution in [0.15, 0.2) is 48.5 Å². The van der Waals surface area contributed by atoms with Crippen molar-refractivity contribution in [3.63, 3.8) is 0 Å². The van der Waals surface area contributed by atoms with Gasteiger partial charge in [0.1, 0.15) is 24.2 Å². The van der Waals surface area contributed by atoms with Gasteiger partial charge in [-0.3, -0.25) is 19.2 Å². The van der Waals surface area contributed by atoms with Crippen molar-refractivity contribution in [2.24, 2.45) is 11.8 Å². The number of hydrogen-bond acceptors (Lipinski definition) is 8. The third kappa shape index (κ3) is 11.9. The van der Waals surface area contributed by atoms with Gasteiger partial charge < -0.3 is 40.5 Å². The van der Waals surface area contributed by atoms with Crippen molar-refractivity contribution in [3.8, 4) is 0 Å². The van der Waals surface area contributed by atoms with Gasteiger partial charge in [-0.2, -0.15) is 0 Å². The largest absolute Gasteiger partial charge is 0.453 e. The molecule has 4 N–H and O–H groups in total. The molecule has 6 amide bonds. The van der Waals surface area contributed by atoms with Crippen LogP contribution in [0.5, 0.6) is 0 Å². The predicted octanol–water partition coefficient (Wildman–Crippen LogP) is 4.73. The number of likely N-dealkylation sites (tertiary alicyclic amines) is 1. The van der Waals surface area contributed by atoms with Gasteiger partial charge in [-0.05, 0) is 86.3 Å². The van der Waals surface area contributed by atoms with Gasteiger partial charge in [0.05, 0.1) is 14.2 Å². The molecule has 1 saturated heterocycles. The number of carbonyl (C=O) groups excluding carboxylic acids is 6. The topological polar surface area (TPSA) is 175 Å². The highest BCUT2D eigenvalue weighted by Gasteiger charge is 2.39. The Bertz CT molecular complexity index is 1560. The fraction of sp³-hybridized carbons (Fsp3) is 0.538. The van der Waals surface area contributed by atoms with E-state index in [1.54, 1.807) is 11.8 Å². The Morgan fingerprint density at radius 3 is 1.72 bits per heavy atom. The number of methoxy groups -OCH3 is 2. The summed E-state index contributed by atoms with van der Waals surface area (Å²) in [6.45, 7) is 11.7. The molecule has 14 heteroatoms. The summed E-state index contributed by atoms with van der Waals surface area (Å²) >= 11 is 0. The summed E-state index contributed by atoms with van der Waals surface area (Å²) in [5.74, 6) is -1.66. The molecule has 53 heavy (non-hydrogen) atoms. The van der Waals surface area contributed by atoms with Crippen LogP contribution in [0.25, 0.3) is 0 Å². The van der Waals surface area contributed by atoms with Gasteiger partial charge >= 0.3 is 12.2 Å². The second-order valence-electron chi connectivity index (χ2n) is 14.0. The first kappa shape index (κ1) is 42.3. The van der Waals surface area contributed by atoms with Gasteiger partial charge in [0, 0.05) is 24.5 Å². The zero-order valence-corrected chi connectivity index (χ0v) is 32.2. The number of aryl methyl sites for hydroxylation is 2. The predicted molar refractivity (Wildman–Crippen MR) is 202 cm³/mol. The fourth-order valence-electron chi connectivity index (χ4n) is 6.21. The van der Waals surface area contributed by atoms with Crippen LogP contribution in [-0.4, -0.2) is 97.1 Å². The van der Waals surface area contributed by atoms with E-state index in [-0.39, 0.29) is 35.5 Å². The third-order valence-electron chi connectivity index (χ3n) is 9.36. The molecule has 2 aromatic rings. The van der Waals surface area contributed by atoms with E-state index in [4.69, 9.17) is 0 Å². The lowest BCUT2D eigenvalue weighted by Gasteiger charge is -2.33. The van der Waals surface area contributed by atoms with Crippen molar-refractivity contribution in [2.45, 2.75) is 97.8 Å². The quantitative estimate of drug-likeness (QED) is 0.191. The van der Waals surface area contributed by atoms with Crippen LogP contribution in [0.4, 0.5) is 21.0 Å². The van der Waals surface area contributed by atoms with Gasteiger partial charge in [-0.1, -0.05) is 58.9 Å². The van der Waals surface area contributed by atoms with Gasteiger partial charge in [0.2, 0.25) is 23.6 Å². The maximum absolute atomic E-state index is 13.4. The van der Waals surface area contributed by atoms with Crippen LogP contribution < -0.4 is 21.3 Å². The van der Waals surface area contributed by atoms with E-state index in [1.165, 1.54) is 19.1 Å². The molecular weight excluding hydrogens is 680 g/mol. The number of ether oxygens (including phenoxy) is 2. The molecule has 1 fully saturated rings. The molecule has 2 aromatic carbocycles. The average molecular weight is 737 g/mol. The minimum absolute atomic E-state index is 0.186. The van der Waals surface area contributed by atoms with Crippen molar-refractivity contribution in [1.82, 2.24) is 20.4 Å². The fourth-order valence-corrected chi connectivity index (χ4v) is 6.21. The molecule has 14 nitrogen and oxygen atoms in total.